The van der Waals surface area contributed by atoms with E-state index in [-0.39, 0.29) is 6.61 Å². The Morgan fingerprint density at radius 2 is 1.97 bits per heavy atom. The highest BCUT2D eigenvalue weighted by Crippen LogP contribution is 2.23. The molecule has 3 atom stereocenters. The Hall–Kier alpha value is -1.93. The first-order chi connectivity index (χ1) is 14.4. The highest BCUT2D eigenvalue weighted by Gasteiger charge is 2.29. The molecular formula is C23H35N3O4. The molecule has 7 nitrogen and oxygen atoms in total. The number of aliphatic hydroxyl groups excluding tert-OH is 2. The molecule has 2 N–H and O–H groups in total. The van der Waals surface area contributed by atoms with Crippen molar-refractivity contribution in [2.45, 2.75) is 58.0 Å². The molecule has 0 bridgehead atoms. The van der Waals surface area contributed by atoms with E-state index in [1.54, 1.807) is 7.11 Å². The summed E-state index contributed by atoms with van der Waals surface area (Å²) < 4.78 is 13.3. The van der Waals surface area contributed by atoms with Gasteiger partial charge >= 0.3 is 0 Å². The lowest BCUT2D eigenvalue weighted by molar-refractivity contribution is -0.0955. The van der Waals surface area contributed by atoms with Gasteiger partial charge in [0.25, 0.3) is 0 Å². The Kier molecular flexibility index (Phi) is 7.88. The van der Waals surface area contributed by atoms with E-state index in [9.17, 15) is 10.2 Å². The summed E-state index contributed by atoms with van der Waals surface area (Å²) in [6.07, 6.45) is 0.374. The molecule has 30 heavy (non-hydrogen) atoms. The Labute approximate surface area is 179 Å². The maximum atomic E-state index is 10.7. The Bertz CT molecular complexity index is 823. The average Bonchev–Trinajstić information content (AvgIpc) is 2.98. The molecule has 1 aliphatic rings. The van der Waals surface area contributed by atoms with Crippen LogP contribution >= 0.6 is 0 Å². The molecule has 2 aromatic rings. The zero-order chi connectivity index (χ0) is 21.7. The van der Waals surface area contributed by atoms with E-state index in [1.807, 2.05) is 36.9 Å². The second kappa shape index (κ2) is 10.4. The molecule has 0 fully saturated rings. The van der Waals surface area contributed by atoms with Crippen LogP contribution in [-0.4, -0.2) is 70.0 Å². The molecular weight excluding hydrogens is 382 g/mol. The smallest absolute Gasteiger partial charge is 0.122 e. The molecule has 1 aliphatic heterocycles. The summed E-state index contributed by atoms with van der Waals surface area (Å²) in [7, 11) is 3.54. The Balaban J connectivity index is 1.81. The van der Waals surface area contributed by atoms with E-state index in [4.69, 9.17) is 9.47 Å². The zero-order valence-corrected chi connectivity index (χ0v) is 18.5. The second-order valence-corrected chi connectivity index (χ2v) is 8.22. The normalized spacial score (nSPS) is 24.3. The van der Waals surface area contributed by atoms with Gasteiger partial charge in [-0.05, 0) is 51.3 Å². The van der Waals surface area contributed by atoms with Crippen molar-refractivity contribution in [3.05, 3.63) is 46.8 Å². The first-order valence-corrected chi connectivity index (χ1v) is 10.7. The second-order valence-electron chi connectivity index (χ2n) is 8.22. The number of benzene rings is 1. The Morgan fingerprint density at radius 1 is 1.20 bits per heavy atom. The van der Waals surface area contributed by atoms with E-state index >= 15 is 0 Å². The SMILES string of the molecule is CO[C@H]1CN(Cc2c(C)nn(C)c2C)CCCCc2ccccc2OC[C@@H](O)[C@H]1O. The molecule has 0 amide bonds. The summed E-state index contributed by atoms with van der Waals surface area (Å²) >= 11 is 0. The van der Waals surface area contributed by atoms with Crippen LogP contribution in [0.5, 0.6) is 5.75 Å². The fraction of sp³-hybridized carbons (Fsp3) is 0.609. The minimum Gasteiger partial charge on any atom is -0.491 e. The number of ether oxygens (including phenoxy) is 2. The lowest BCUT2D eigenvalue weighted by atomic mass is 10.1. The molecule has 0 saturated heterocycles. The number of para-hydroxylation sites is 1. The molecule has 0 spiro atoms. The van der Waals surface area contributed by atoms with E-state index in [0.29, 0.717) is 6.54 Å². The van der Waals surface area contributed by atoms with Gasteiger partial charge in [0.15, 0.2) is 0 Å². The quantitative estimate of drug-likeness (QED) is 0.795. The number of aromatic nitrogens is 2. The molecule has 0 saturated carbocycles. The topological polar surface area (TPSA) is 80.0 Å². The van der Waals surface area contributed by atoms with Gasteiger partial charge < -0.3 is 19.7 Å². The van der Waals surface area contributed by atoms with Gasteiger partial charge in [0, 0.05) is 38.5 Å². The highest BCUT2D eigenvalue weighted by molar-refractivity contribution is 5.33. The van der Waals surface area contributed by atoms with Gasteiger partial charge in [0.1, 0.15) is 24.6 Å². The molecule has 0 unspecified atom stereocenters. The van der Waals surface area contributed by atoms with Gasteiger partial charge in [-0.3, -0.25) is 9.58 Å². The number of hydrogen-bond donors (Lipinski definition) is 2. The molecule has 1 aromatic carbocycles. The molecule has 1 aromatic heterocycles. The van der Waals surface area contributed by atoms with Gasteiger partial charge in [0.2, 0.25) is 0 Å². The van der Waals surface area contributed by atoms with Crippen molar-refractivity contribution in [2.24, 2.45) is 7.05 Å². The van der Waals surface area contributed by atoms with Crippen LogP contribution in [0.15, 0.2) is 24.3 Å². The number of rotatable bonds is 3. The monoisotopic (exact) mass is 417 g/mol. The van der Waals surface area contributed by atoms with Crippen molar-refractivity contribution in [1.29, 1.82) is 0 Å². The van der Waals surface area contributed by atoms with E-state index in [0.717, 1.165) is 55.1 Å². The number of aryl methyl sites for hydroxylation is 3. The van der Waals surface area contributed by atoms with Crippen LogP contribution in [0.25, 0.3) is 0 Å². The van der Waals surface area contributed by atoms with Crippen molar-refractivity contribution in [3.8, 4) is 5.75 Å². The Morgan fingerprint density at radius 3 is 2.67 bits per heavy atom. The molecule has 0 radical (unpaired) electrons. The molecule has 166 valence electrons. The summed E-state index contributed by atoms with van der Waals surface area (Å²) in [5, 5.41) is 25.8. The van der Waals surface area contributed by atoms with Crippen LogP contribution in [0.2, 0.25) is 0 Å². The van der Waals surface area contributed by atoms with Gasteiger partial charge in [-0.15, -0.1) is 0 Å². The van der Waals surface area contributed by atoms with Crippen molar-refractivity contribution < 1.29 is 19.7 Å². The fourth-order valence-electron chi connectivity index (χ4n) is 4.10. The molecule has 7 heteroatoms. The molecule has 2 heterocycles. The summed E-state index contributed by atoms with van der Waals surface area (Å²) in [4.78, 5) is 2.30. The maximum absolute atomic E-state index is 10.7. The first-order valence-electron chi connectivity index (χ1n) is 10.7. The standard InChI is InChI=1S/C23H35N3O4/c1-16-19(17(2)25(3)24-16)13-26-12-8-7-10-18-9-5-6-11-21(18)30-15-20(27)23(28)22(14-26)29-4/h5-6,9,11,20,22-23,27-28H,7-8,10,12-15H2,1-4H3/t20-,22+,23-/m1/s1. The lowest BCUT2D eigenvalue weighted by Crippen LogP contribution is -2.47. The predicted octanol–water partition coefficient (Wildman–Crippen LogP) is 1.99. The van der Waals surface area contributed by atoms with Crippen molar-refractivity contribution in [3.63, 3.8) is 0 Å². The van der Waals surface area contributed by atoms with E-state index in [1.165, 1.54) is 5.56 Å². The lowest BCUT2D eigenvalue weighted by Gasteiger charge is -2.31. The van der Waals surface area contributed by atoms with Crippen LogP contribution in [0.3, 0.4) is 0 Å². The zero-order valence-electron chi connectivity index (χ0n) is 18.5. The molecule has 0 aliphatic carbocycles. The van der Waals surface area contributed by atoms with Crippen molar-refractivity contribution >= 4 is 0 Å². The number of nitrogens with zero attached hydrogens (tertiary/aromatic N) is 3. The van der Waals surface area contributed by atoms with E-state index in [2.05, 4.69) is 23.0 Å². The summed E-state index contributed by atoms with van der Waals surface area (Å²) in [6.45, 7) is 6.27. The van der Waals surface area contributed by atoms with Crippen molar-refractivity contribution in [1.82, 2.24) is 14.7 Å². The van der Waals surface area contributed by atoms with Gasteiger partial charge in [-0.2, -0.15) is 5.10 Å². The predicted molar refractivity (Wildman–Crippen MR) is 116 cm³/mol. The van der Waals surface area contributed by atoms with Gasteiger partial charge in [-0.25, -0.2) is 0 Å². The van der Waals surface area contributed by atoms with Crippen LogP contribution in [-0.2, 0) is 24.8 Å². The van der Waals surface area contributed by atoms with Gasteiger partial charge in [-0.1, -0.05) is 18.2 Å². The fourth-order valence-corrected chi connectivity index (χ4v) is 4.10. The largest absolute Gasteiger partial charge is 0.491 e. The summed E-state index contributed by atoms with van der Waals surface area (Å²) in [5.74, 6) is 0.774. The molecule has 3 rings (SSSR count). The average molecular weight is 418 g/mol. The first kappa shape index (κ1) is 22.7. The minimum absolute atomic E-state index is 0.0266. The van der Waals surface area contributed by atoms with E-state index < -0.39 is 18.3 Å². The van der Waals surface area contributed by atoms with Crippen molar-refractivity contribution in [2.75, 3.05) is 26.8 Å². The third-order valence-electron chi connectivity index (χ3n) is 6.11. The maximum Gasteiger partial charge on any atom is 0.122 e. The number of aliphatic hydroxyl groups is 2. The number of fused-ring (bicyclic) bond motifs is 1. The number of hydrogen-bond acceptors (Lipinski definition) is 6. The highest BCUT2D eigenvalue weighted by atomic mass is 16.5. The van der Waals surface area contributed by atoms with Gasteiger partial charge in [0.05, 0.1) is 11.8 Å². The van der Waals surface area contributed by atoms with Crippen LogP contribution < -0.4 is 4.74 Å². The third-order valence-corrected chi connectivity index (χ3v) is 6.11. The van der Waals surface area contributed by atoms with Crippen LogP contribution in [0, 0.1) is 13.8 Å². The number of methoxy groups -OCH3 is 1. The summed E-state index contributed by atoms with van der Waals surface area (Å²) in [6, 6.07) is 7.92. The summed E-state index contributed by atoms with van der Waals surface area (Å²) in [5.41, 5.74) is 4.51. The van der Waals surface area contributed by atoms with Crippen LogP contribution in [0.4, 0.5) is 0 Å². The van der Waals surface area contributed by atoms with Crippen LogP contribution in [0.1, 0.15) is 35.4 Å². The third kappa shape index (κ3) is 5.40. The minimum atomic E-state index is -1.04.